The molecule has 0 heterocycles. The molecule has 6 heteroatoms. The van der Waals surface area contributed by atoms with Crippen LogP contribution in [0.3, 0.4) is 0 Å². The van der Waals surface area contributed by atoms with Gasteiger partial charge in [-0.3, -0.25) is 9.00 Å². The third-order valence-electron chi connectivity index (χ3n) is 2.63. The van der Waals surface area contributed by atoms with Crippen LogP contribution in [0.4, 0.5) is 0 Å². The molecule has 2 unspecified atom stereocenters. The van der Waals surface area contributed by atoms with Gasteiger partial charge in [-0.2, -0.15) is 0 Å². The Morgan fingerprint density at radius 3 is 2.24 bits per heavy atom. The van der Waals surface area contributed by atoms with Crippen molar-refractivity contribution >= 4 is 22.7 Å². The van der Waals surface area contributed by atoms with Crippen molar-refractivity contribution in [1.29, 1.82) is 0 Å². The molecule has 0 rings (SSSR count). The fraction of sp³-hybridized carbons (Fsp3) is 0.636. The van der Waals surface area contributed by atoms with Crippen molar-refractivity contribution in [3.63, 3.8) is 0 Å². The Labute approximate surface area is 104 Å². The maximum absolute atomic E-state index is 11.5. The van der Waals surface area contributed by atoms with Gasteiger partial charge in [0.05, 0.1) is 0 Å². The number of carbonyl (C=O) groups is 2. The highest BCUT2D eigenvalue weighted by Crippen LogP contribution is 2.04. The maximum Gasteiger partial charge on any atom is 0.331 e. The third-order valence-corrected chi connectivity index (χ3v) is 4.00. The molecular weight excluding hydrogens is 242 g/mol. The van der Waals surface area contributed by atoms with Gasteiger partial charge in [0.1, 0.15) is 0 Å². The smallest absolute Gasteiger partial charge is 0.331 e. The van der Waals surface area contributed by atoms with E-state index in [4.69, 9.17) is 5.11 Å². The summed E-state index contributed by atoms with van der Waals surface area (Å²) >= 11 is 0. The molecule has 0 aliphatic carbocycles. The van der Waals surface area contributed by atoms with Gasteiger partial charge in [0.25, 0.3) is 0 Å². The molecular formula is C11H19NO4S. The summed E-state index contributed by atoms with van der Waals surface area (Å²) in [6.45, 7) is 5.10. The summed E-state index contributed by atoms with van der Waals surface area (Å²) in [5.41, 5.74) is 0.234. The molecule has 2 N–H and O–H groups in total. The van der Waals surface area contributed by atoms with Gasteiger partial charge in [-0.05, 0) is 20.3 Å². The van der Waals surface area contributed by atoms with Crippen molar-refractivity contribution in [2.75, 3.05) is 12.8 Å². The molecule has 0 bridgehead atoms. The average molecular weight is 261 g/mol. The Morgan fingerprint density at radius 1 is 1.29 bits per heavy atom. The second-order valence-corrected chi connectivity index (χ2v) is 5.71. The van der Waals surface area contributed by atoms with Crippen LogP contribution in [0.15, 0.2) is 11.1 Å². The van der Waals surface area contributed by atoms with Crippen molar-refractivity contribution < 1.29 is 18.9 Å². The molecule has 0 radical (unpaired) electrons. The molecule has 0 aromatic rings. The molecule has 17 heavy (non-hydrogen) atoms. The van der Waals surface area contributed by atoms with E-state index in [0.29, 0.717) is 13.0 Å². The lowest BCUT2D eigenvalue weighted by Gasteiger charge is -2.10. The van der Waals surface area contributed by atoms with Gasteiger partial charge in [0.2, 0.25) is 5.91 Å². The fourth-order valence-electron chi connectivity index (χ4n) is 1.02. The van der Waals surface area contributed by atoms with Crippen LogP contribution in [0.1, 0.15) is 27.2 Å². The Balaban J connectivity index is 4.25. The van der Waals surface area contributed by atoms with E-state index in [1.165, 1.54) is 13.8 Å². The number of aliphatic carboxylic acids is 1. The lowest BCUT2D eigenvalue weighted by Crippen LogP contribution is -2.29. The highest BCUT2D eigenvalue weighted by atomic mass is 32.2. The van der Waals surface area contributed by atoms with Crippen molar-refractivity contribution in [2.45, 2.75) is 32.4 Å². The first-order valence-electron chi connectivity index (χ1n) is 5.28. The van der Waals surface area contributed by atoms with Crippen LogP contribution in [-0.2, 0) is 20.4 Å². The lowest BCUT2D eigenvalue weighted by atomic mass is 10.1. The van der Waals surface area contributed by atoms with Crippen LogP contribution in [0.25, 0.3) is 0 Å². The Hall–Kier alpha value is -1.17. The first kappa shape index (κ1) is 15.8. The van der Waals surface area contributed by atoms with Crippen molar-refractivity contribution in [1.82, 2.24) is 5.32 Å². The summed E-state index contributed by atoms with van der Waals surface area (Å²) in [6.07, 6.45) is 2.22. The number of carbonyl (C=O) groups excluding carboxylic acids is 1. The molecule has 0 saturated carbocycles. The molecule has 0 aromatic carbocycles. The highest BCUT2D eigenvalue weighted by molar-refractivity contribution is 7.84. The summed E-state index contributed by atoms with van der Waals surface area (Å²) < 4.78 is 11.1. The highest BCUT2D eigenvalue weighted by Gasteiger charge is 2.13. The zero-order valence-corrected chi connectivity index (χ0v) is 11.4. The molecule has 0 aliphatic heterocycles. The van der Waals surface area contributed by atoms with Crippen LogP contribution >= 0.6 is 0 Å². The van der Waals surface area contributed by atoms with Crippen molar-refractivity contribution in [3.8, 4) is 0 Å². The standard InChI is InChI=1S/C11H19NO4S/c1-7(17(4)16)5-6-12-10(13)8(2)9(3)11(14)15/h7H,5-6H2,1-4H3,(H,12,13)(H,14,15). The number of carboxylic acids is 1. The number of hydrogen-bond acceptors (Lipinski definition) is 3. The van der Waals surface area contributed by atoms with Gasteiger partial charge in [0.15, 0.2) is 0 Å². The number of carboxylic acid groups (broad SMARTS) is 1. The van der Waals surface area contributed by atoms with Gasteiger partial charge in [0, 0.05) is 40.0 Å². The first-order chi connectivity index (χ1) is 7.77. The summed E-state index contributed by atoms with van der Waals surface area (Å²) in [5, 5.41) is 11.3. The normalized spacial score (nSPS) is 15.8. The Kier molecular flexibility index (Phi) is 6.72. The molecule has 2 atom stereocenters. The van der Waals surface area contributed by atoms with E-state index in [-0.39, 0.29) is 22.3 Å². The second-order valence-electron chi connectivity index (χ2n) is 3.91. The lowest BCUT2D eigenvalue weighted by molar-refractivity contribution is -0.133. The van der Waals surface area contributed by atoms with E-state index in [9.17, 15) is 13.8 Å². The van der Waals surface area contributed by atoms with Gasteiger partial charge in [-0.1, -0.05) is 6.92 Å². The minimum atomic E-state index is -1.10. The molecule has 0 aliphatic rings. The summed E-state index contributed by atoms with van der Waals surface area (Å²) in [4.78, 5) is 22.2. The van der Waals surface area contributed by atoms with E-state index in [1.807, 2.05) is 6.92 Å². The third kappa shape index (κ3) is 5.63. The number of amides is 1. The zero-order chi connectivity index (χ0) is 13.6. The molecule has 5 nitrogen and oxygen atoms in total. The van der Waals surface area contributed by atoms with Crippen LogP contribution < -0.4 is 5.32 Å². The minimum absolute atomic E-state index is 0.0140. The quantitative estimate of drug-likeness (QED) is 0.689. The van der Waals surface area contributed by atoms with Crippen molar-refractivity contribution in [2.24, 2.45) is 0 Å². The molecule has 98 valence electrons. The van der Waals surface area contributed by atoms with Gasteiger partial charge < -0.3 is 10.4 Å². The predicted molar refractivity (Wildman–Crippen MR) is 67.2 cm³/mol. The number of nitrogens with one attached hydrogen (secondary N) is 1. The average Bonchev–Trinajstić information content (AvgIpc) is 2.26. The predicted octanol–water partition coefficient (Wildman–Crippen LogP) is 0.681. The largest absolute Gasteiger partial charge is 0.478 e. The fourth-order valence-corrected chi connectivity index (χ4v) is 1.47. The van der Waals surface area contributed by atoms with Gasteiger partial charge >= 0.3 is 5.97 Å². The number of rotatable bonds is 6. The Bertz CT molecular complexity index is 362. The minimum Gasteiger partial charge on any atom is -0.478 e. The maximum atomic E-state index is 11.5. The van der Waals surface area contributed by atoms with E-state index < -0.39 is 16.8 Å². The second kappa shape index (κ2) is 7.21. The molecule has 0 fully saturated rings. The zero-order valence-electron chi connectivity index (χ0n) is 10.6. The van der Waals surface area contributed by atoms with E-state index in [2.05, 4.69) is 5.32 Å². The van der Waals surface area contributed by atoms with Crippen LogP contribution in [0, 0.1) is 0 Å². The number of hydrogen-bond donors (Lipinski definition) is 2. The van der Waals surface area contributed by atoms with E-state index >= 15 is 0 Å². The van der Waals surface area contributed by atoms with Crippen LogP contribution in [0.5, 0.6) is 0 Å². The summed E-state index contributed by atoms with van der Waals surface area (Å²) in [5.74, 6) is -1.49. The molecule has 1 amide bonds. The van der Waals surface area contributed by atoms with Crippen LogP contribution in [-0.4, -0.2) is 39.2 Å². The van der Waals surface area contributed by atoms with Gasteiger partial charge in [-0.25, -0.2) is 4.79 Å². The van der Waals surface area contributed by atoms with Crippen LogP contribution in [0.2, 0.25) is 0 Å². The van der Waals surface area contributed by atoms with Crippen molar-refractivity contribution in [3.05, 3.63) is 11.1 Å². The SMILES string of the molecule is CC(C(=O)O)=C(C)C(=O)NCCC(C)S(C)=O. The Morgan fingerprint density at radius 2 is 1.82 bits per heavy atom. The summed E-state index contributed by atoms with van der Waals surface area (Å²) in [6, 6.07) is 0. The molecule has 0 saturated heterocycles. The van der Waals surface area contributed by atoms with Gasteiger partial charge in [-0.15, -0.1) is 0 Å². The molecule has 0 aromatic heterocycles. The van der Waals surface area contributed by atoms with E-state index in [1.54, 1.807) is 6.26 Å². The molecule has 0 spiro atoms. The van der Waals surface area contributed by atoms with E-state index in [0.717, 1.165) is 0 Å². The first-order valence-corrected chi connectivity index (χ1v) is 6.90. The monoisotopic (exact) mass is 261 g/mol. The summed E-state index contributed by atoms with van der Waals surface area (Å²) in [7, 11) is -0.909. The topological polar surface area (TPSA) is 83.5 Å².